The highest BCUT2D eigenvalue weighted by atomic mass is 32.2. The maximum Gasteiger partial charge on any atom is 0.309 e. The first kappa shape index (κ1) is 20.3. The molecular formula is C22H25NO4S. The van der Waals surface area contributed by atoms with Gasteiger partial charge in [0.05, 0.1) is 5.92 Å². The minimum Gasteiger partial charge on any atom is -0.458 e. The Hall–Kier alpha value is -2.44. The number of esters is 1. The van der Waals surface area contributed by atoms with Crippen molar-refractivity contribution in [1.82, 2.24) is 4.31 Å². The average molecular weight is 400 g/mol. The number of carbonyl (C=O) groups is 1. The molecule has 1 aliphatic heterocycles. The molecule has 3 rings (SSSR count). The second-order valence-electron chi connectivity index (χ2n) is 6.92. The Morgan fingerprint density at radius 1 is 1.04 bits per heavy atom. The van der Waals surface area contributed by atoms with Crippen molar-refractivity contribution in [2.45, 2.75) is 25.9 Å². The van der Waals surface area contributed by atoms with Gasteiger partial charge in [0.1, 0.15) is 6.10 Å². The third-order valence-electron chi connectivity index (χ3n) is 4.94. The maximum atomic E-state index is 12.5. The number of benzene rings is 2. The molecule has 0 bridgehead atoms. The molecule has 5 nitrogen and oxygen atoms in total. The van der Waals surface area contributed by atoms with Gasteiger partial charge in [0, 0.05) is 18.5 Å². The first-order chi connectivity index (χ1) is 13.5. The predicted molar refractivity (Wildman–Crippen MR) is 110 cm³/mol. The lowest BCUT2D eigenvalue weighted by atomic mass is 9.98. The van der Waals surface area contributed by atoms with E-state index in [9.17, 15) is 13.2 Å². The molecule has 0 N–H and O–H groups in total. The third-order valence-corrected chi connectivity index (χ3v) is 6.51. The monoisotopic (exact) mass is 399 g/mol. The van der Waals surface area contributed by atoms with Crippen LogP contribution in [0.1, 0.15) is 37.0 Å². The van der Waals surface area contributed by atoms with Crippen molar-refractivity contribution in [3.05, 3.63) is 77.2 Å². The standard InChI is InChI=1S/C22H25NO4S/c1-18(20-10-6-3-7-11-20)27-22(24)21-12-15-23(16-13-21)28(25,26)17-14-19-8-4-2-5-9-19/h2-11,14,17-18,21H,12-13,15-16H2,1H3/b17-14+/t18-/m0/s1. The molecule has 0 saturated carbocycles. The van der Waals surface area contributed by atoms with Gasteiger partial charge in [0.15, 0.2) is 0 Å². The summed E-state index contributed by atoms with van der Waals surface area (Å²) in [7, 11) is -3.50. The molecule has 28 heavy (non-hydrogen) atoms. The topological polar surface area (TPSA) is 63.7 Å². The number of hydrogen-bond donors (Lipinski definition) is 0. The van der Waals surface area contributed by atoms with E-state index < -0.39 is 10.0 Å². The number of ether oxygens (including phenoxy) is 1. The highest BCUT2D eigenvalue weighted by Crippen LogP contribution is 2.25. The Kier molecular flexibility index (Phi) is 6.65. The van der Waals surface area contributed by atoms with Gasteiger partial charge in [-0.1, -0.05) is 60.7 Å². The number of sulfonamides is 1. The fourth-order valence-electron chi connectivity index (χ4n) is 3.22. The highest BCUT2D eigenvalue weighted by Gasteiger charge is 2.31. The van der Waals surface area contributed by atoms with Gasteiger partial charge < -0.3 is 4.74 Å². The molecule has 148 valence electrons. The zero-order valence-corrected chi connectivity index (χ0v) is 16.7. The Balaban J connectivity index is 1.53. The van der Waals surface area contributed by atoms with E-state index in [1.54, 1.807) is 6.08 Å². The summed E-state index contributed by atoms with van der Waals surface area (Å²) in [5.41, 5.74) is 1.78. The summed E-state index contributed by atoms with van der Waals surface area (Å²) in [4.78, 5) is 12.4. The minimum atomic E-state index is -3.50. The molecule has 0 aromatic heterocycles. The van der Waals surface area contributed by atoms with Gasteiger partial charge in [0.2, 0.25) is 10.0 Å². The van der Waals surface area contributed by atoms with Crippen LogP contribution < -0.4 is 0 Å². The van der Waals surface area contributed by atoms with Gasteiger partial charge in [-0.15, -0.1) is 0 Å². The summed E-state index contributed by atoms with van der Waals surface area (Å²) in [5.74, 6) is -0.524. The fourth-order valence-corrected chi connectivity index (χ4v) is 4.44. The van der Waals surface area contributed by atoms with Crippen LogP contribution in [0.25, 0.3) is 6.08 Å². The molecule has 0 spiro atoms. The van der Waals surface area contributed by atoms with Crippen LogP contribution in [0, 0.1) is 5.92 Å². The van der Waals surface area contributed by atoms with E-state index in [0.717, 1.165) is 11.1 Å². The minimum absolute atomic E-state index is 0.256. The van der Waals surface area contributed by atoms with Gasteiger partial charge in [-0.05, 0) is 37.0 Å². The number of piperidine rings is 1. The molecule has 0 radical (unpaired) electrons. The van der Waals surface area contributed by atoms with Crippen LogP contribution in [-0.4, -0.2) is 31.8 Å². The summed E-state index contributed by atoms with van der Waals surface area (Å²) in [5, 5.41) is 1.23. The Labute approximate surface area is 166 Å². The lowest BCUT2D eigenvalue weighted by Crippen LogP contribution is -2.39. The average Bonchev–Trinajstić information content (AvgIpc) is 2.74. The summed E-state index contributed by atoms with van der Waals surface area (Å²) >= 11 is 0. The molecule has 0 aliphatic carbocycles. The molecule has 0 amide bonds. The largest absolute Gasteiger partial charge is 0.458 e. The van der Waals surface area contributed by atoms with E-state index in [2.05, 4.69) is 0 Å². The van der Waals surface area contributed by atoms with Crippen LogP contribution in [0.3, 0.4) is 0 Å². The zero-order chi connectivity index (χ0) is 20.0. The summed E-state index contributed by atoms with van der Waals surface area (Å²) in [6.45, 7) is 2.49. The van der Waals surface area contributed by atoms with Crippen LogP contribution in [0.2, 0.25) is 0 Å². The summed E-state index contributed by atoms with van der Waals surface area (Å²) in [6, 6.07) is 18.9. The van der Waals surface area contributed by atoms with Gasteiger partial charge in [0.25, 0.3) is 0 Å². The first-order valence-corrected chi connectivity index (χ1v) is 10.9. The molecular weight excluding hydrogens is 374 g/mol. The van der Waals surface area contributed by atoms with Crippen LogP contribution in [0.5, 0.6) is 0 Å². The Bertz CT molecular complexity index is 902. The molecule has 1 atom stereocenters. The maximum absolute atomic E-state index is 12.5. The van der Waals surface area contributed by atoms with Crippen molar-refractivity contribution in [2.75, 3.05) is 13.1 Å². The Morgan fingerprint density at radius 2 is 1.61 bits per heavy atom. The van der Waals surface area contributed by atoms with Gasteiger partial charge in [-0.3, -0.25) is 4.79 Å². The fraction of sp³-hybridized carbons (Fsp3) is 0.318. The van der Waals surface area contributed by atoms with Gasteiger partial charge in [-0.25, -0.2) is 8.42 Å². The van der Waals surface area contributed by atoms with Crippen LogP contribution in [0.15, 0.2) is 66.1 Å². The molecule has 0 unspecified atom stereocenters. The summed E-state index contributed by atoms with van der Waals surface area (Å²) in [6.07, 6.45) is 2.22. The molecule has 1 fully saturated rings. The molecule has 1 saturated heterocycles. The number of hydrogen-bond acceptors (Lipinski definition) is 4. The second kappa shape index (κ2) is 9.17. The van der Waals surface area contributed by atoms with E-state index in [0.29, 0.717) is 25.9 Å². The van der Waals surface area contributed by atoms with Crippen molar-refractivity contribution < 1.29 is 17.9 Å². The highest BCUT2D eigenvalue weighted by molar-refractivity contribution is 7.92. The summed E-state index contributed by atoms with van der Waals surface area (Å²) < 4.78 is 32.1. The first-order valence-electron chi connectivity index (χ1n) is 9.44. The number of rotatable bonds is 6. The molecule has 1 heterocycles. The number of carbonyl (C=O) groups excluding carboxylic acids is 1. The van der Waals surface area contributed by atoms with Gasteiger partial charge in [-0.2, -0.15) is 4.31 Å². The SMILES string of the molecule is C[C@H](OC(=O)C1CCN(S(=O)(=O)/C=C/c2ccccc2)CC1)c1ccccc1. The van der Waals surface area contributed by atoms with Crippen LogP contribution in [-0.2, 0) is 19.6 Å². The molecule has 6 heteroatoms. The molecule has 2 aromatic rings. The normalized spacial score (nSPS) is 17.5. The van der Waals surface area contributed by atoms with Crippen molar-refractivity contribution >= 4 is 22.1 Å². The van der Waals surface area contributed by atoms with Crippen LogP contribution in [0.4, 0.5) is 0 Å². The Morgan fingerprint density at radius 3 is 2.21 bits per heavy atom. The zero-order valence-electron chi connectivity index (χ0n) is 15.9. The van der Waals surface area contributed by atoms with Crippen LogP contribution >= 0.6 is 0 Å². The van der Waals surface area contributed by atoms with Crippen molar-refractivity contribution in [3.8, 4) is 0 Å². The second-order valence-corrected chi connectivity index (χ2v) is 8.74. The smallest absolute Gasteiger partial charge is 0.309 e. The quantitative estimate of drug-likeness (QED) is 0.689. The van der Waals surface area contributed by atoms with E-state index in [1.165, 1.54) is 9.71 Å². The van der Waals surface area contributed by atoms with E-state index >= 15 is 0 Å². The van der Waals surface area contributed by atoms with Crippen molar-refractivity contribution in [1.29, 1.82) is 0 Å². The third kappa shape index (κ3) is 5.30. The van der Waals surface area contributed by atoms with E-state index in [-0.39, 0.29) is 18.0 Å². The predicted octanol–water partition coefficient (Wildman–Crippen LogP) is 4.00. The van der Waals surface area contributed by atoms with Crippen molar-refractivity contribution in [2.24, 2.45) is 5.92 Å². The molecule has 2 aromatic carbocycles. The van der Waals surface area contributed by atoms with Crippen molar-refractivity contribution in [3.63, 3.8) is 0 Å². The van der Waals surface area contributed by atoms with E-state index in [4.69, 9.17) is 4.74 Å². The lowest BCUT2D eigenvalue weighted by molar-refractivity contribution is -0.154. The molecule has 1 aliphatic rings. The lowest BCUT2D eigenvalue weighted by Gasteiger charge is -2.29. The van der Waals surface area contributed by atoms with E-state index in [1.807, 2.05) is 67.6 Å². The van der Waals surface area contributed by atoms with Gasteiger partial charge >= 0.3 is 5.97 Å². The number of nitrogens with zero attached hydrogens (tertiary/aromatic N) is 1.